The van der Waals surface area contributed by atoms with Gasteiger partial charge < -0.3 is 0 Å². The zero-order chi connectivity index (χ0) is 10.2. The summed E-state index contributed by atoms with van der Waals surface area (Å²) in [6, 6.07) is 0. The molecular weight excluding hydrogens is 181 g/mol. The molecule has 1 radical (unpaired) electrons. The first-order valence-corrected chi connectivity index (χ1v) is 4.56. The van der Waals surface area contributed by atoms with Gasteiger partial charge in [0.25, 0.3) is 0 Å². The molecule has 0 unspecified atom stereocenters. The summed E-state index contributed by atoms with van der Waals surface area (Å²) in [4.78, 5) is 0. The summed E-state index contributed by atoms with van der Waals surface area (Å²) in [6.07, 6.45) is 0.797. The van der Waals surface area contributed by atoms with Gasteiger partial charge in [-0.05, 0) is 6.42 Å². The molecular formula is C9H16F3O. The van der Waals surface area contributed by atoms with Crippen LogP contribution in [-0.2, 0) is 4.74 Å². The Balaban J connectivity index is 3.00. The number of alkyl halides is 3. The van der Waals surface area contributed by atoms with E-state index in [0.717, 1.165) is 32.1 Å². The van der Waals surface area contributed by atoms with Crippen molar-refractivity contribution in [1.82, 2.24) is 0 Å². The molecule has 0 saturated heterocycles. The van der Waals surface area contributed by atoms with Crippen molar-refractivity contribution in [2.24, 2.45) is 0 Å². The molecule has 79 valence electrons. The van der Waals surface area contributed by atoms with Crippen molar-refractivity contribution in [2.75, 3.05) is 6.61 Å². The van der Waals surface area contributed by atoms with E-state index >= 15 is 0 Å². The number of halogens is 3. The summed E-state index contributed by atoms with van der Waals surface area (Å²) in [5.41, 5.74) is 0. The molecule has 0 aromatic heterocycles. The topological polar surface area (TPSA) is 9.23 Å². The summed E-state index contributed by atoms with van der Waals surface area (Å²) in [5, 5.41) is 0. The van der Waals surface area contributed by atoms with Crippen LogP contribution in [0.2, 0.25) is 0 Å². The lowest BCUT2D eigenvalue weighted by Crippen LogP contribution is -2.13. The largest absolute Gasteiger partial charge is 0.522 e. The van der Waals surface area contributed by atoms with E-state index in [9.17, 15) is 13.2 Å². The minimum atomic E-state index is -4.46. The summed E-state index contributed by atoms with van der Waals surface area (Å²) in [7, 11) is 0. The third-order valence-corrected chi connectivity index (χ3v) is 1.66. The van der Waals surface area contributed by atoms with E-state index in [-0.39, 0.29) is 6.61 Å². The number of unbranched alkanes of at least 4 members (excludes halogenated alkanes) is 5. The zero-order valence-electron chi connectivity index (χ0n) is 7.70. The first-order valence-electron chi connectivity index (χ1n) is 4.56. The second-order valence-electron chi connectivity index (χ2n) is 2.92. The summed E-state index contributed by atoms with van der Waals surface area (Å²) in [5.74, 6) is 0. The standard InChI is InChI=1S/C9H16F3O/c1-2-3-4-5-6-7-8-13-9(10,11)12/h1-8H2. The zero-order valence-corrected chi connectivity index (χ0v) is 7.70. The highest BCUT2D eigenvalue weighted by Gasteiger charge is 2.28. The fraction of sp³-hybridized carbons (Fsp3) is 0.889. The van der Waals surface area contributed by atoms with Gasteiger partial charge in [-0.1, -0.05) is 39.0 Å². The minimum Gasteiger partial charge on any atom is -0.292 e. The van der Waals surface area contributed by atoms with Gasteiger partial charge in [-0.2, -0.15) is 0 Å². The van der Waals surface area contributed by atoms with Gasteiger partial charge >= 0.3 is 6.36 Å². The van der Waals surface area contributed by atoms with Gasteiger partial charge in [0.15, 0.2) is 0 Å². The molecule has 0 atom stereocenters. The number of rotatable bonds is 7. The smallest absolute Gasteiger partial charge is 0.292 e. The van der Waals surface area contributed by atoms with Crippen LogP contribution in [0.5, 0.6) is 0 Å². The number of ether oxygens (including phenoxy) is 1. The maximum atomic E-state index is 11.5. The Morgan fingerprint density at radius 3 is 2.00 bits per heavy atom. The second-order valence-corrected chi connectivity index (χ2v) is 2.92. The lowest BCUT2D eigenvalue weighted by atomic mass is 10.1. The molecule has 0 aliphatic rings. The lowest BCUT2D eigenvalue weighted by molar-refractivity contribution is -0.324. The van der Waals surface area contributed by atoms with Gasteiger partial charge in [-0.15, -0.1) is 13.2 Å². The van der Waals surface area contributed by atoms with Crippen LogP contribution in [0.1, 0.15) is 38.5 Å². The summed E-state index contributed by atoms with van der Waals surface area (Å²) < 4.78 is 38.0. The quantitative estimate of drug-likeness (QED) is 0.565. The Morgan fingerprint density at radius 1 is 0.923 bits per heavy atom. The second kappa shape index (κ2) is 7.18. The fourth-order valence-electron chi connectivity index (χ4n) is 0.997. The Hall–Kier alpha value is -0.250. The molecule has 0 amide bonds. The Bertz CT molecular complexity index is 112. The normalized spacial score (nSPS) is 12.0. The predicted molar refractivity (Wildman–Crippen MR) is 45.1 cm³/mol. The van der Waals surface area contributed by atoms with E-state index < -0.39 is 6.36 Å². The van der Waals surface area contributed by atoms with Gasteiger partial charge in [0, 0.05) is 0 Å². The highest BCUT2D eigenvalue weighted by molar-refractivity contribution is 4.46. The Labute approximate surface area is 77.3 Å². The van der Waals surface area contributed by atoms with Crippen LogP contribution < -0.4 is 0 Å². The predicted octanol–water partition coefficient (Wildman–Crippen LogP) is 3.70. The highest BCUT2D eigenvalue weighted by Crippen LogP contribution is 2.16. The van der Waals surface area contributed by atoms with Gasteiger partial charge in [0.1, 0.15) is 0 Å². The van der Waals surface area contributed by atoms with Crippen LogP contribution in [0, 0.1) is 6.92 Å². The average Bonchev–Trinajstić information content (AvgIpc) is 2.01. The fourth-order valence-corrected chi connectivity index (χ4v) is 0.997. The van der Waals surface area contributed by atoms with Crippen molar-refractivity contribution in [3.8, 4) is 0 Å². The van der Waals surface area contributed by atoms with Crippen molar-refractivity contribution in [2.45, 2.75) is 44.9 Å². The van der Waals surface area contributed by atoms with Crippen molar-refractivity contribution in [1.29, 1.82) is 0 Å². The third kappa shape index (κ3) is 11.8. The molecule has 13 heavy (non-hydrogen) atoms. The SMILES string of the molecule is [CH2]CCCCCCCOC(F)(F)F. The van der Waals surface area contributed by atoms with Crippen molar-refractivity contribution < 1.29 is 17.9 Å². The van der Waals surface area contributed by atoms with Crippen LogP contribution in [0.25, 0.3) is 0 Å². The molecule has 0 aliphatic carbocycles. The molecule has 0 aromatic rings. The van der Waals surface area contributed by atoms with E-state index in [2.05, 4.69) is 11.7 Å². The van der Waals surface area contributed by atoms with Crippen molar-refractivity contribution >= 4 is 0 Å². The monoisotopic (exact) mass is 197 g/mol. The summed E-state index contributed by atoms with van der Waals surface area (Å²) in [6.45, 7) is 3.46. The van der Waals surface area contributed by atoms with Gasteiger partial charge in [0.05, 0.1) is 6.61 Å². The van der Waals surface area contributed by atoms with Crippen molar-refractivity contribution in [3.05, 3.63) is 6.92 Å². The third-order valence-electron chi connectivity index (χ3n) is 1.66. The van der Waals surface area contributed by atoms with Crippen LogP contribution in [0.4, 0.5) is 13.2 Å². The van der Waals surface area contributed by atoms with E-state index in [1.807, 2.05) is 0 Å². The lowest BCUT2D eigenvalue weighted by Gasteiger charge is -2.06. The van der Waals surface area contributed by atoms with Crippen molar-refractivity contribution in [3.63, 3.8) is 0 Å². The average molecular weight is 197 g/mol. The Kier molecular flexibility index (Phi) is 7.04. The molecule has 4 heteroatoms. The molecule has 0 heterocycles. The molecule has 1 nitrogen and oxygen atoms in total. The molecule has 0 bridgehead atoms. The summed E-state index contributed by atoms with van der Waals surface area (Å²) >= 11 is 0. The molecule has 0 saturated carbocycles. The maximum Gasteiger partial charge on any atom is 0.522 e. The van der Waals surface area contributed by atoms with E-state index in [0.29, 0.717) is 6.42 Å². The molecule has 0 aliphatic heterocycles. The first kappa shape index (κ1) is 12.8. The van der Waals surface area contributed by atoms with Crippen LogP contribution in [0.15, 0.2) is 0 Å². The molecule has 0 rings (SSSR count). The maximum absolute atomic E-state index is 11.5. The van der Waals surface area contributed by atoms with Crippen LogP contribution in [-0.4, -0.2) is 13.0 Å². The van der Waals surface area contributed by atoms with Crippen LogP contribution >= 0.6 is 0 Å². The van der Waals surface area contributed by atoms with E-state index in [4.69, 9.17) is 0 Å². The minimum absolute atomic E-state index is 0.214. The van der Waals surface area contributed by atoms with Gasteiger partial charge in [-0.25, -0.2) is 0 Å². The van der Waals surface area contributed by atoms with Gasteiger partial charge in [0.2, 0.25) is 0 Å². The van der Waals surface area contributed by atoms with Crippen LogP contribution in [0.3, 0.4) is 0 Å². The molecule has 0 spiro atoms. The highest BCUT2D eigenvalue weighted by atomic mass is 19.4. The Morgan fingerprint density at radius 2 is 1.46 bits per heavy atom. The molecule has 0 fully saturated rings. The van der Waals surface area contributed by atoms with Gasteiger partial charge in [-0.3, -0.25) is 4.74 Å². The molecule has 0 N–H and O–H groups in total. The van der Waals surface area contributed by atoms with E-state index in [1.165, 1.54) is 0 Å². The number of hydrogen-bond acceptors (Lipinski definition) is 1. The number of hydrogen-bond donors (Lipinski definition) is 0. The van der Waals surface area contributed by atoms with E-state index in [1.54, 1.807) is 0 Å². The molecule has 0 aromatic carbocycles. The first-order chi connectivity index (χ1) is 6.06.